The predicted molar refractivity (Wildman–Crippen MR) is 74.5 cm³/mol. The van der Waals surface area contributed by atoms with Crippen LogP contribution in [0.5, 0.6) is 5.75 Å². The molecule has 0 aliphatic carbocycles. The van der Waals surface area contributed by atoms with Crippen molar-refractivity contribution in [1.29, 1.82) is 0 Å². The minimum Gasteiger partial charge on any atom is -0.493 e. The molecule has 3 rings (SSSR count). The van der Waals surface area contributed by atoms with E-state index < -0.39 is 0 Å². The van der Waals surface area contributed by atoms with Gasteiger partial charge in [-0.05, 0) is 30.2 Å². The summed E-state index contributed by atoms with van der Waals surface area (Å²) in [5.41, 5.74) is 8.70. The Balaban J connectivity index is 1.45. The number of hydrogen-bond donors (Lipinski definition) is 2. The summed E-state index contributed by atoms with van der Waals surface area (Å²) in [6.45, 7) is 5.07. The fraction of sp³-hybridized carbons (Fsp3) is 0.600. The molecule has 104 valence electrons. The van der Waals surface area contributed by atoms with Crippen molar-refractivity contribution < 1.29 is 9.47 Å². The van der Waals surface area contributed by atoms with Gasteiger partial charge < -0.3 is 20.5 Å². The Bertz CT molecular complexity index is 438. The van der Waals surface area contributed by atoms with Gasteiger partial charge in [0.1, 0.15) is 5.75 Å². The molecule has 0 bridgehead atoms. The molecule has 2 aliphatic heterocycles. The van der Waals surface area contributed by atoms with Crippen molar-refractivity contribution in [1.82, 2.24) is 5.32 Å². The number of rotatable bonds is 6. The smallest absolute Gasteiger partial charge is 0.122 e. The lowest BCUT2D eigenvalue weighted by Crippen LogP contribution is -2.54. The summed E-state index contributed by atoms with van der Waals surface area (Å²) in [7, 11) is 0. The van der Waals surface area contributed by atoms with Gasteiger partial charge in [0.25, 0.3) is 0 Å². The molecule has 1 saturated heterocycles. The molecule has 0 unspecified atom stereocenters. The van der Waals surface area contributed by atoms with Crippen LogP contribution in [0.25, 0.3) is 0 Å². The summed E-state index contributed by atoms with van der Waals surface area (Å²) >= 11 is 0. The normalized spacial score (nSPS) is 19.6. The van der Waals surface area contributed by atoms with Crippen molar-refractivity contribution in [2.75, 3.05) is 39.5 Å². The quantitative estimate of drug-likeness (QED) is 0.742. The fourth-order valence-electron chi connectivity index (χ4n) is 2.66. The van der Waals surface area contributed by atoms with Gasteiger partial charge in [0.05, 0.1) is 19.8 Å². The Morgan fingerprint density at radius 1 is 1.32 bits per heavy atom. The van der Waals surface area contributed by atoms with E-state index in [4.69, 9.17) is 15.2 Å². The van der Waals surface area contributed by atoms with E-state index >= 15 is 0 Å². The van der Waals surface area contributed by atoms with E-state index in [1.165, 1.54) is 11.1 Å². The number of benzene rings is 1. The minimum atomic E-state index is 0.186. The maximum absolute atomic E-state index is 5.79. The SMILES string of the molecule is NCC1(CNCCc2ccc3c(c2)CCO3)COC1. The molecule has 0 atom stereocenters. The van der Waals surface area contributed by atoms with Gasteiger partial charge in [0.2, 0.25) is 0 Å². The zero-order valence-electron chi connectivity index (χ0n) is 11.3. The molecule has 19 heavy (non-hydrogen) atoms. The Morgan fingerprint density at radius 3 is 2.95 bits per heavy atom. The molecular weight excluding hydrogens is 240 g/mol. The Kier molecular flexibility index (Phi) is 3.73. The summed E-state index contributed by atoms with van der Waals surface area (Å²) < 4.78 is 10.8. The van der Waals surface area contributed by atoms with E-state index in [0.717, 1.165) is 51.5 Å². The zero-order chi connectivity index (χ0) is 13.1. The third kappa shape index (κ3) is 2.76. The average molecular weight is 262 g/mol. The summed E-state index contributed by atoms with van der Waals surface area (Å²) in [6.07, 6.45) is 2.10. The van der Waals surface area contributed by atoms with E-state index in [2.05, 4.69) is 23.5 Å². The lowest BCUT2D eigenvalue weighted by atomic mass is 9.86. The van der Waals surface area contributed by atoms with Crippen molar-refractivity contribution in [3.05, 3.63) is 29.3 Å². The van der Waals surface area contributed by atoms with Crippen molar-refractivity contribution in [2.24, 2.45) is 11.1 Å². The van der Waals surface area contributed by atoms with Crippen molar-refractivity contribution in [3.63, 3.8) is 0 Å². The van der Waals surface area contributed by atoms with E-state index in [1.54, 1.807) is 0 Å². The number of nitrogens with two attached hydrogens (primary N) is 1. The zero-order valence-corrected chi connectivity index (χ0v) is 11.3. The van der Waals surface area contributed by atoms with Crippen LogP contribution in [0, 0.1) is 5.41 Å². The first-order chi connectivity index (χ1) is 9.31. The highest BCUT2D eigenvalue weighted by Crippen LogP contribution is 2.26. The predicted octanol–water partition coefficient (Wildman–Crippen LogP) is 0.729. The standard InChI is InChI=1S/C15H22N2O2/c16-8-15(10-18-11-15)9-17-5-3-12-1-2-14-13(7-12)4-6-19-14/h1-2,7,17H,3-6,8-11,16H2. The van der Waals surface area contributed by atoms with E-state index in [9.17, 15) is 0 Å². The Morgan fingerprint density at radius 2 is 2.21 bits per heavy atom. The molecule has 2 heterocycles. The van der Waals surface area contributed by atoms with Crippen LogP contribution in [0.3, 0.4) is 0 Å². The molecule has 2 aliphatic rings. The summed E-state index contributed by atoms with van der Waals surface area (Å²) in [4.78, 5) is 0. The van der Waals surface area contributed by atoms with Gasteiger partial charge in [0, 0.05) is 24.9 Å². The molecule has 1 aromatic rings. The first-order valence-electron chi connectivity index (χ1n) is 7.04. The highest BCUT2D eigenvalue weighted by molar-refractivity contribution is 5.39. The monoisotopic (exact) mass is 262 g/mol. The maximum Gasteiger partial charge on any atom is 0.122 e. The summed E-state index contributed by atoms with van der Waals surface area (Å²) in [5, 5.41) is 3.50. The largest absolute Gasteiger partial charge is 0.493 e. The highest BCUT2D eigenvalue weighted by atomic mass is 16.5. The van der Waals surface area contributed by atoms with E-state index in [-0.39, 0.29) is 5.41 Å². The average Bonchev–Trinajstić information content (AvgIpc) is 2.84. The van der Waals surface area contributed by atoms with E-state index in [0.29, 0.717) is 6.54 Å². The number of nitrogens with one attached hydrogen (secondary N) is 1. The van der Waals surface area contributed by atoms with Crippen LogP contribution in [0.15, 0.2) is 18.2 Å². The van der Waals surface area contributed by atoms with Gasteiger partial charge in [-0.2, -0.15) is 0 Å². The molecule has 0 amide bonds. The topological polar surface area (TPSA) is 56.5 Å². The van der Waals surface area contributed by atoms with Crippen molar-refractivity contribution in [2.45, 2.75) is 12.8 Å². The van der Waals surface area contributed by atoms with Crippen LogP contribution in [0.2, 0.25) is 0 Å². The van der Waals surface area contributed by atoms with Gasteiger partial charge in [-0.1, -0.05) is 12.1 Å². The lowest BCUT2D eigenvalue weighted by molar-refractivity contribution is -0.104. The van der Waals surface area contributed by atoms with Crippen LogP contribution >= 0.6 is 0 Å². The number of fused-ring (bicyclic) bond motifs is 1. The first-order valence-corrected chi connectivity index (χ1v) is 7.04. The van der Waals surface area contributed by atoms with Gasteiger partial charge in [-0.25, -0.2) is 0 Å². The van der Waals surface area contributed by atoms with E-state index in [1.807, 2.05) is 0 Å². The fourth-order valence-corrected chi connectivity index (χ4v) is 2.66. The Labute approximate surface area is 114 Å². The van der Waals surface area contributed by atoms with Crippen LogP contribution < -0.4 is 15.8 Å². The van der Waals surface area contributed by atoms with Gasteiger partial charge >= 0.3 is 0 Å². The molecule has 4 heteroatoms. The van der Waals surface area contributed by atoms with Crippen LogP contribution in [0.1, 0.15) is 11.1 Å². The second-order valence-electron chi connectivity index (χ2n) is 5.66. The van der Waals surface area contributed by atoms with Gasteiger partial charge in [0.15, 0.2) is 0 Å². The van der Waals surface area contributed by atoms with Gasteiger partial charge in [-0.15, -0.1) is 0 Å². The molecule has 3 N–H and O–H groups in total. The second-order valence-corrected chi connectivity index (χ2v) is 5.66. The molecule has 0 saturated carbocycles. The molecule has 1 fully saturated rings. The van der Waals surface area contributed by atoms with Crippen molar-refractivity contribution in [3.8, 4) is 5.75 Å². The number of ether oxygens (including phenoxy) is 2. The molecule has 0 radical (unpaired) electrons. The first kappa shape index (κ1) is 12.9. The molecular formula is C15H22N2O2. The second kappa shape index (κ2) is 5.49. The maximum atomic E-state index is 5.79. The highest BCUT2D eigenvalue weighted by Gasteiger charge is 2.36. The van der Waals surface area contributed by atoms with Gasteiger partial charge in [-0.3, -0.25) is 0 Å². The van der Waals surface area contributed by atoms with Crippen LogP contribution in [0.4, 0.5) is 0 Å². The molecule has 1 aromatic carbocycles. The summed E-state index contributed by atoms with van der Waals surface area (Å²) in [5.74, 6) is 1.06. The molecule has 4 nitrogen and oxygen atoms in total. The molecule has 0 spiro atoms. The summed E-state index contributed by atoms with van der Waals surface area (Å²) in [6, 6.07) is 6.53. The third-order valence-electron chi connectivity index (χ3n) is 4.09. The van der Waals surface area contributed by atoms with Crippen molar-refractivity contribution >= 4 is 0 Å². The third-order valence-corrected chi connectivity index (χ3v) is 4.09. The lowest BCUT2D eigenvalue weighted by Gasteiger charge is -2.40. The van der Waals surface area contributed by atoms with Crippen LogP contribution in [-0.4, -0.2) is 39.5 Å². The minimum absolute atomic E-state index is 0.186. The Hall–Kier alpha value is -1.10. The van der Waals surface area contributed by atoms with Crippen LogP contribution in [-0.2, 0) is 17.6 Å². The number of hydrogen-bond acceptors (Lipinski definition) is 4. The molecule has 0 aromatic heterocycles.